The summed E-state index contributed by atoms with van der Waals surface area (Å²) in [6, 6.07) is 27.4. The molecule has 2 aromatic heterocycles. The second kappa shape index (κ2) is 8.24. The number of fused-ring (bicyclic) bond motifs is 1. The Morgan fingerprint density at radius 2 is 1.73 bits per heavy atom. The maximum Gasteiger partial charge on any atom is 0.185 e. The van der Waals surface area contributed by atoms with Crippen LogP contribution in [0.4, 0.5) is 0 Å². The van der Waals surface area contributed by atoms with Crippen LogP contribution in [0.3, 0.4) is 0 Å². The van der Waals surface area contributed by atoms with E-state index in [4.69, 9.17) is 11.1 Å². The van der Waals surface area contributed by atoms with Gasteiger partial charge in [0.2, 0.25) is 0 Å². The number of nitrogens with two attached hydrogens (primary N) is 1. The van der Waals surface area contributed by atoms with Crippen molar-refractivity contribution in [2.75, 3.05) is 0 Å². The molecule has 0 radical (unpaired) electrons. The van der Waals surface area contributed by atoms with Crippen LogP contribution in [0.15, 0.2) is 91.1 Å². The van der Waals surface area contributed by atoms with Crippen molar-refractivity contribution in [3.05, 3.63) is 114 Å². The molecule has 0 fully saturated rings. The summed E-state index contributed by atoms with van der Waals surface area (Å²) in [5.41, 5.74) is 11.3. The predicted molar refractivity (Wildman–Crippen MR) is 131 cm³/mol. The minimum Gasteiger partial charge on any atom is -0.384 e. The van der Waals surface area contributed by atoms with Crippen LogP contribution in [0.1, 0.15) is 27.3 Å². The standard InChI is InChI=1S/C27H23N5O/c1-18-15-25(32(30-18)23-7-4-6-21(17-23)27(28)29)26(33)16-19-9-11-22(12-10-19)31-14-13-20-5-2-3-8-24(20)31/h2-15,17H,16H2,1H3,(H3,28,29). The van der Waals surface area contributed by atoms with Gasteiger partial charge in [-0.3, -0.25) is 10.2 Å². The Balaban J connectivity index is 1.41. The second-order valence-electron chi connectivity index (χ2n) is 8.06. The van der Waals surface area contributed by atoms with E-state index in [1.54, 1.807) is 28.9 Å². The van der Waals surface area contributed by atoms with E-state index >= 15 is 0 Å². The van der Waals surface area contributed by atoms with Crippen molar-refractivity contribution in [3.8, 4) is 11.4 Å². The van der Waals surface area contributed by atoms with Gasteiger partial charge in [0.05, 0.1) is 16.9 Å². The Hall–Kier alpha value is -4.45. The third-order valence-corrected chi connectivity index (χ3v) is 5.70. The van der Waals surface area contributed by atoms with Gasteiger partial charge in [-0.2, -0.15) is 5.10 Å². The molecule has 2 heterocycles. The largest absolute Gasteiger partial charge is 0.384 e. The average molecular weight is 434 g/mol. The van der Waals surface area contributed by atoms with Crippen LogP contribution in [0.2, 0.25) is 0 Å². The number of hydrogen-bond donors (Lipinski definition) is 2. The SMILES string of the molecule is Cc1cc(C(=O)Cc2ccc(-n3ccc4ccccc43)cc2)n(-c2cccc(C(=N)N)c2)n1. The molecule has 0 unspecified atom stereocenters. The van der Waals surface area contributed by atoms with Crippen molar-refractivity contribution in [3.63, 3.8) is 0 Å². The van der Waals surface area contributed by atoms with E-state index in [2.05, 4.69) is 34.1 Å². The first kappa shape index (κ1) is 20.5. The van der Waals surface area contributed by atoms with Crippen molar-refractivity contribution >= 4 is 22.5 Å². The smallest absolute Gasteiger partial charge is 0.185 e. The molecule has 5 rings (SSSR count). The van der Waals surface area contributed by atoms with Gasteiger partial charge in [0.25, 0.3) is 0 Å². The maximum absolute atomic E-state index is 13.2. The number of carbonyl (C=O) groups is 1. The van der Waals surface area contributed by atoms with Gasteiger partial charge in [-0.25, -0.2) is 4.68 Å². The van der Waals surface area contributed by atoms with Gasteiger partial charge < -0.3 is 10.3 Å². The molecule has 0 aliphatic heterocycles. The number of hydrogen-bond acceptors (Lipinski definition) is 3. The van der Waals surface area contributed by atoms with Crippen LogP contribution in [-0.2, 0) is 6.42 Å². The Labute approximate surface area is 191 Å². The van der Waals surface area contributed by atoms with Gasteiger partial charge in [-0.15, -0.1) is 0 Å². The molecular weight excluding hydrogens is 410 g/mol. The van der Waals surface area contributed by atoms with Gasteiger partial charge >= 0.3 is 0 Å². The summed E-state index contributed by atoms with van der Waals surface area (Å²) < 4.78 is 3.77. The Bertz CT molecular complexity index is 1490. The number of aromatic nitrogens is 3. The Morgan fingerprint density at radius 1 is 0.939 bits per heavy atom. The van der Waals surface area contributed by atoms with Crippen molar-refractivity contribution in [1.82, 2.24) is 14.3 Å². The van der Waals surface area contributed by atoms with E-state index in [0.29, 0.717) is 16.9 Å². The summed E-state index contributed by atoms with van der Waals surface area (Å²) in [5, 5.41) is 13.4. The highest BCUT2D eigenvalue weighted by molar-refractivity contribution is 5.97. The zero-order chi connectivity index (χ0) is 22.9. The van der Waals surface area contributed by atoms with E-state index in [-0.39, 0.29) is 18.0 Å². The number of amidine groups is 1. The number of nitrogen functional groups attached to an aromatic ring is 1. The lowest BCUT2D eigenvalue weighted by Crippen LogP contribution is -2.14. The number of Topliss-reactive ketones (excluding diaryl/α,β-unsaturated/α-hetero) is 1. The minimum atomic E-state index is -0.0250. The van der Waals surface area contributed by atoms with Gasteiger partial charge in [-0.05, 0) is 60.3 Å². The average Bonchev–Trinajstić information content (AvgIpc) is 3.43. The molecule has 0 bridgehead atoms. The monoisotopic (exact) mass is 433 g/mol. The van der Waals surface area contributed by atoms with E-state index in [9.17, 15) is 4.79 Å². The molecular formula is C27H23N5O. The van der Waals surface area contributed by atoms with Gasteiger partial charge in [0, 0.05) is 23.9 Å². The van der Waals surface area contributed by atoms with Crippen molar-refractivity contribution in [2.45, 2.75) is 13.3 Å². The van der Waals surface area contributed by atoms with E-state index < -0.39 is 0 Å². The van der Waals surface area contributed by atoms with E-state index in [1.165, 1.54) is 5.39 Å². The molecule has 5 aromatic rings. The van der Waals surface area contributed by atoms with E-state index in [0.717, 1.165) is 22.5 Å². The molecule has 162 valence electrons. The highest BCUT2D eigenvalue weighted by Crippen LogP contribution is 2.21. The fourth-order valence-electron chi connectivity index (χ4n) is 4.06. The van der Waals surface area contributed by atoms with Crippen LogP contribution < -0.4 is 5.73 Å². The number of nitrogens with one attached hydrogen (secondary N) is 1. The Kier molecular flexibility index (Phi) is 5.11. The topological polar surface area (TPSA) is 89.7 Å². The lowest BCUT2D eigenvalue weighted by molar-refractivity contribution is 0.0985. The molecule has 6 nitrogen and oxygen atoms in total. The van der Waals surface area contributed by atoms with E-state index in [1.807, 2.05) is 49.4 Å². The summed E-state index contributed by atoms with van der Waals surface area (Å²) >= 11 is 0. The lowest BCUT2D eigenvalue weighted by Gasteiger charge is -2.09. The zero-order valence-electron chi connectivity index (χ0n) is 18.2. The number of ketones is 1. The first-order valence-electron chi connectivity index (χ1n) is 10.7. The minimum absolute atomic E-state index is 0.0239. The summed E-state index contributed by atoms with van der Waals surface area (Å²) in [6.45, 7) is 1.86. The number of aryl methyl sites for hydroxylation is 1. The number of para-hydroxylation sites is 1. The molecule has 0 saturated carbocycles. The molecule has 0 atom stereocenters. The lowest BCUT2D eigenvalue weighted by atomic mass is 10.1. The molecule has 33 heavy (non-hydrogen) atoms. The van der Waals surface area contributed by atoms with Gasteiger partial charge in [0.15, 0.2) is 5.78 Å². The predicted octanol–water partition coefficient (Wildman–Crippen LogP) is 4.83. The Morgan fingerprint density at radius 3 is 2.52 bits per heavy atom. The van der Waals surface area contributed by atoms with Gasteiger partial charge in [-0.1, -0.05) is 42.5 Å². The first-order valence-corrected chi connectivity index (χ1v) is 10.7. The normalized spacial score (nSPS) is 11.1. The highest BCUT2D eigenvalue weighted by Gasteiger charge is 2.16. The zero-order valence-corrected chi connectivity index (χ0v) is 18.2. The third kappa shape index (κ3) is 3.94. The number of carbonyl (C=O) groups excluding carboxylic acids is 1. The summed E-state index contributed by atoms with van der Waals surface area (Å²) in [4.78, 5) is 13.2. The number of rotatable bonds is 6. The van der Waals surface area contributed by atoms with Crippen molar-refractivity contribution in [1.29, 1.82) is 5.41 Å². The molecule has 0 spiro atoms. The van der Waals surface area contributed by atoms with Crippen LogP contribution in [0, 0.1) is 12.3 Å². The van der Waals surface area contributed by atoms with Gasteiger partial charge in [0.1, 0.15) is 11.5 Å². The second-order valence-corrected chi connectivity index (χ2v) is 8.06. The van der Waals surface area contributed by atoms with Crippen molar-refractivity contribution < 1.29 is 4.79 Å². The molecule has 0 aliphatic carbocycles. The van der Waals surface area contributed by atoms with Crippen LogP contribution in [0.25, 0.3) is 22.3 Å². The summed E-state index contributed by atoms with van der Waals surface area (Å²) in [5.74, 6) is -0.0489. The van der Waals surface area contributed by atoms with Crippen LogP contribution >= 0.6 is 0 Å². The van der Waals surface area contributed by atoms with Crippen molar-refractivity contribution in [2.24, 2.45) is 5.73 Å². The number of nitrogens with zero attached hydrogens (tertiary/aromatic N) is 3. The van der Waals surface area contributed by atoms with Crippen LogP contribution in [-0.4, -0.2) is 26.0 Å². The number of benzene rings is 3. The molecule has 3 aromatic carbocycles. The molecule has 0 aliphatic rings. The fraction of sp³-hybridized carbons (Fsp3) is 0.0741. The quantitative estimate of drug-likeness (QED) is 0.228. The molecule has 6 heteroatoms. The molecule has 0 amide bonds. The first-order chi connectivity index (χ1) is 16.0. The summed E-state index contributed by atoms with van der Waals surface area (Å²) in [6.07, 6.45) is 2.32. The van der Waals surface area contributed by atoms with Crippen LogP contribution in [0.5, 0.6) is 0 Å². The maximum atomic E-state index is 13.2. The summed E-state index contributed by atoms with van der Waals surface area (Å²) in [7, 11) is 0. The molecule has 3 N–H and O–H groups in total. The fourth-order valence-corrected chi connectivity index (χ4v) is 4.06. The highest BCUT2D eigenvalue weighted by atomic mass is 16.1. The third-order valence-electron chi connectivity index (χ3n) is 5.70. The molecule has 0 saturated heterocycles.